The molecule has 1 aliphatic heterocycles. The quantitative estimate of drug-likeness (QED) is 0.802. The van der Waals surface area contributed by atoms with Crippen LogP contribution in [0.4, 0.5) is 0 Å². The highest BCUT2D eigenvalue weighted by atomic mass is 16.3. The van der Waals surface area contributed by atoms with E-state index in [0.29, 0.717) is 5.56 Å². The summed E-state index contributed by atoms with van der Waals surface area (Å²) in [6, 6.07) is 6.65. The number of amides is 2. The highest BCUT2D eigenvalue weighted by molar-refractivity contribution is 5.95. The summed E-state index contributed by atoms with van der Waals surface area (Å²) in [5, 5.41) is 20.1. The van der Waals surface area contributed by atoms with Crippen molar-refractivity contribution in [2.24, 2.45) is 0 Å². The molecule has 2 N–H and O–H groups in total. The maximum absolute atomic E-state index is 12.6. The van der Waals surface area contributed by atoms with Gasteiger partial charge in [0.25, 0.3) is 5.91 Å². The van der Waals surface area contributed by atoms with Crippen LogP contribution in [0.15, 0.2) is 36.9 Å². The number of carbonyl (C=O) groups excluding carboxylic acids is 2. The van der Waals surface area contributed by atoms with Crippen LogP contribution < -0.4 is 5.32 Å². The minimum atomic E-state index is -0.760. The SMILES string of the molecule is CC(=O)N[C@@H]1CN(C(=O)c2cccc(-n3cnnc3)c2)C[C@H]1O. The van der Waals surface area contributed by atoms with Gasteiger partial charge in [-0.15, -0.1) is 10.2 Å². The van der Waals surface area contributed by atoms with Gasteiger partial charge in [-0.25, -0.2) is 0 Å². The fourth-order valence-corrected chi connectivity index (χ4v) is 2.67. The van der Waals surface area contributed by atoms with Crippen LogP contribution in [0.2, 0.25) is 0 Å². The van der Waals surface area contributed by atoms with Gasteiger partial charge in [0, 0.05) is 31.3 Å². The van der Waals surface area contributed by atoms with Crippen LogP contribution >= 0.6 is 0 Å². The average Bonchev–Trinajstić information content (AvgIpc) is 3.17. The van der Waals surface area contributed by atoms with E-state index in [2.05, 4.69) is 15.5 Å². The summed E-state index contributed by atoms with van der Waals surface area (Å²) in [5.41, 5.74) is 1.28. The van der Waals surface area contributed by atoms with Crippen LogP contribution in [-0.4, -0.2) is 61.8 Å². The van der Waals surface area contributed by atoms with E-state index in [1.165, 1.54) is 11.8 Å². The van der Waals surface area contributed by atoms with Crippen molar-refractivity contribution in [3.63, 3.8) is 0 Å². The van der Waals surface area contributed by atoms with Crippen molar-refractivity contribution in [2.75, 3.05) is 13.1 Å². The van der Waals surface area contributed by atoms with E-state index in [-0.39, 0.29) is 24.9 Å². The van der Waals surface area contributed by atoms with Crippen LogP contribution in [-0.2, 0) is 4.79 Å². The summed E-state index contributed by atoms with van der Waals surface area (Å²) in [7, 11) is 0. The summed E-state index contributed by atoms with van der Waals surface area (Å²) in [5.74, 6) is -0.412. The summed E-state index contributed by atoms with van der Waals surface area (Å²) in [4.78, 5) is 25.3. The van der Waals surface area contributed by atoms with E-state index < -0.39 is 12.1 Å². The Morgan fingerprint density at radius 1 is 1.26 bits per heavy atom. The molecule has 2 atom stereocenters. The van der Waals surface area contributed by atoms with Gasteiger partial charge in [0.05, 0.1) is 12.1 Å². The van der Waals surface area contributed by atoms with Gasteiger partial charge in [0.1, 0.15) is 12.7 Å². The zero-order valence-corrected chi connectivity index (χ0v) is 12.6. The first kappa shape index (κ1) is 15.2. The first-order chi connectivity index (χ1) is 11.0. The number of hydrogen-bond acceptors (Lipinski definition) is 5. The Labute approximate surface area is 132 Å². The fourth-order valence-electron chi connectivity index (χ4n) is 2.67. The molecule has 3 rings (SSSR count). The van der Waals surface area contributed by atoms with E-state index in [1.54, 1.807) is 35.4 Å². The van der Waals surface area contributed by atoms with E-state index in [9.17, 15) is 14.7 Å². The lowest BCUT2D eigenvalue weighted by Crippen LogP contribution is -2.41. The average molecular weight is 315 g/mol. The number of aliphatic hydroxyl groups excluding tert-OH is 1. The van der Waals surface area contributed by atoms with Crippen molar-refractivity contribution >= 4 is 11.8 Å². The van der Waals surface area contributed by atoms with Crippen LogP contribution in [0.3, 0.4) is 0 Å². The molecular formula is C15H17N5O3. The number of rotatable bonds is 3. The molecule has 1 aliphatic rings. The van der Waals surface area contributed by atoms with Gasteiger partial charge >= 0.3 is 0 Å². The minimum Gasteiger partial charge on any atom is -0.389 e. The number of carbonyl (C=O) groups is 2. The number of aromatic nitrogens is 3. The van der Waals surface area contributed by atoms with Crippen molar-refractivity contribution in [3.05, 3.63) is 42.5 Å². The third-order valence-corrected chi connectivity index (χ3v) is 3.77. The Morgan fingerprint density at radius 3 is 2.70 bits per heavy atom. The highest BCUT2D eigenvalue weighted by Gasteiger charge is 2.34. The molecule has 0 spiro atoms. The molecule has 0 radical (unpaired) electrons. The monoisotopic (exact) mass is 315 g/mol. The molecule has 0 unspecified atom stereocenters. The topological polar surface area (TPSA) is 100 Å². The van der Waals surface area contributed by atoms with Crippen LogP contribution in [0.25, 0.3) is 5.69 Å². The van der Waals surface area contributed by atoms with E-state index in [4.69, 9.17) is 0 Å². The number of aliphatic hydroxyl groups is 1. The number of nitrogens with zero attached hydrogens (tertiary/aromatic N) is 4. The van der Waals surface area contributed by atoms with Crippen LogP contribution in [0.5, 0.6) is 0 Å². The Morgan fingerprint density at radius 2 is 2.00 bits per heavy atom. The summed E-state index contributed by atoms with van der Waals surface area (Å²) in [6.07, 6.45) is 2.34. The Bertz CT molecular complexity index is 716. The van der Waals surface area contributed by atoms with Crippen LogP contribution in [0.1, 0.15) is 17.3 Å². The molecule has 23 heavy (non-hydrogen) atoms. The molecule has 2 amide bonds. The zero-order valence-electron chi connectivity index (χ0n) is 12.6. The summed E-state index contributed by atoms with van der Waals surface area (Å²) >= 11 is 0. The van der Waals surface area contributed by atoms with Crippen molar-refractivity contribution in [3.8, 4) is 5.69 Å². The van der Waals surface area contributed by atoms with Crippen molar-refractivity contribution in [2.45, 2.75) is 19.1 Å². The van der Waals surface area contributed by atoms with E-state index >= 15 is 0 Å². The minimum absolute atomic E-state index is 0.188. The van der Waals surface area contributed by atoms with Gasteiger partial charge < -0.3 is 15.3 Å². The normalized spacial score (nSPS) is 20.5. The zero-order chi connectivity index (χ0) is 16.4. The lowest BCUT2D eigenvalue weighted by molar-refractivity contribution is -0.120. The molecule has 0 saturated carbocycles. The van der Waals surface area contributed by atoms with Crippen LogP contribution in [0, 0.1) is 0 Å². The third kappa shape index (κ3) is 3.21. The molecular weight excluding hydrogens is 298 g/mol. The van der Waals surface area contributed by atoms with Crippen molar-refractivity contribution < 1.29 is 14.7 Å². The molecule has 2 aromatic rings. The lowest BCUT2D eigenvalue weighted by Gasteiger charge is -2.17. The second kappa shape index (κ2) is 6.17. The predicted molar refractivity (Wildman–Crippen MR) is 80.9 cm³/mol. The molecule has 120 valence electrons. The summed E-state index contributed by atoms with van der Waals surface area (Å²) < 4.78 is 1.70. The number of nitrogens with one attached hydrogen (secondary N) is 1. The molecule has 2 heterocycles. The summed E-state index contributed by atoms with van der Waals surface area (Å²) in [6.45, 7) is 1.87. The van der Waals surface area contributed by atoms with Crippen molar-refractivity contribution in [1.29, 1.82) is 0 Å². The smallest absolute Gasteiger partial charge is 0.254 e. The standard InChI is InChI=1S/C15H17N5O3/c1-10(21)18-13-6-19(7-14(13)22)15(23)11-3-2-4-12(5-11)20-8-16-17-9-20/h2-5,8-9,13-14,22H,6-7H2,1H3,(H,18,21)/t13-,14-/m1/s1. The molecule has 0 aliphatic carbocycles. The maximum atomic E-state index is 12.6. The molecule has 8 heteroatoms. The highest BCUT2D eigenvalue weighted by Crippen LogP contribution is 2.17. The maximum Gasteiger partial charge on any atom is 0.254 e. The van der Waals surface area contributed by atoms with Gasteiger partial charge in [-0.1, -0.05) is 6.07 Å². The van der Waals surface area contributed by atoms with E-state index in [0.717, 1.165) is 5.69 Å². The molecule has 1 fully saturated rings. The molecule has 0 bridgehead atoms. The van der Waals surface area contributed by atoms with Gasteiger partial charge in [-0.3, -0.25) is 14.2 Å². The molecule has 1 saturated heterocycles. The van der Waals surface area contributed by atoms with Gasteiger partial charge in [-0.2, -0.15) is 0 Å². The second-order valence-corrected chi connectivity index (χ2v) is 5.50. The number of β-amino-alcohol motifs (C(OH)–C–C–N with tert-alkyl or cyclic N) is 1. The largest absolute Gasteiger partial charge is 0.389 e. The second-order valence-electron chi connectivity index (χ2n) is 5.50. The Kier molecular flexibility index (Phi) is 4.07. The number of hydrogen-bond donors (Lipinski definition) is 2. The number of likely N-dealkylation sites (tertiary alicyclic amines) is 1. The number of benzene rings is 1. The first-order valence-corrected chi connectivity index (χ1v) is 7.24. The fraction of sp³-hybridized carbons (Fsp3) is 0.333. The lowest BCUT2D eigenvalue weighted by atomic mass is 10.1. The molecule has 1 aromatic heterocycles. The Hall–Kier alpha value is -2.74. The molecule has 8 nitrogen and oxygen atoms in total. The predicted octanol–water partition coefficient (Wildman–Crippen LogP) is -0.411. The van der Waals surface area contributed by atoms with Gasteiger partial charge in [-0.05, 0) is 18.2 Å². The van der Waals surface area contributed by atoms with Gasteiger partial charge in [0.15, 0.2) is 0 Å². The molecule has 1 aromatic carbocycles. The van der Waals surface area contributed by atoms with Gasteiger partial charge in [0.2, 0.25) is 5.91 Å². The third-order valence-electron chi connectivity index (χ3n) is 3.77. The van der Waals surface area contributed by atoms with Crippen molar-refractivity contribution in [1.82, 2.24) is 25.0 Å². The Balaban J connectivity index is 1.76. The van der Waals surface area contributed by atoms with E-state index in [1.807, 2.05) is 6.07 Å². The first-order valence-electron chi connectivity index (χ1n) is 7.24.